The Labute approximate surface area is 182 Å². The molecule has 0 spiro atoms. The smallest absolute Gasteiger partial charge is 0.238 e. The molecule has 2 aromatic rings. The van der Waals surface area contributed by atoms with Crippen molar-refractivity contribution in [3.63, 3.8) is 0 Å². The van der Waals surface area contributed by atoms with E-state index < -0.39 is 0 Å². The lowest BCUT2D eigenvalue weighted by Crippen LogP contribution is -2.51. The molecule has 0 atom stereocenters. The van der Waals surface area contributed by atoms with Gasteiger partial charge in [0.2, 0.25) is 11.8 Å². The number of nitrogens with zero attached hydrogens (tertiary/aromatic N) is 4. The molecule has 1 aliphatic heterocycles. The molecule has 2 amide bonds. The first kappa shape index (κ1) is 22.9. The molecule has 0 bridgehead atoms. The molecule has 8 nitrogen and oxygen atoms in total. The normalized spacial score (nSPS) is 15.1. The molecule has 2 N–H and O–H groups in total. The second-order valence-corrected chi connectivity index (χ2v) is 7.96. The second kappa shape index (κ2) is 11.0. The van der Waals surface area contributed by atoms with E-state index in [9.17, 15) is 14.0 Å². The summed E-state index contributed by atoms with van der Waals surface area (Å²) in [6, 6.07) is 7.77. The van der Waals surface area contributed by atoms with E-state index in [0.29, 0.717) is 18.8 Å². The molecule has 0 radical (unpaired) electrons. The van der Waals surface area contributed by atoms with E-state index in [-0.39, 0.29) is 24.2 Å². The number of hydrogen-bond acceptors (Lipinski definition) is 5. The van der Waals surface area contributed by atoms with Crippen molar-refractivity contribution in [3.8, 4) is 0 Å². The summed E-state index contributed by atoms with van der Waals surface area (Å²) in [5.74, 6) is -0.433. The summed E-state index contributed by atoms with van der Waals surface area (Å²) in [7, 11) is 0. The van der Waals surface area contributed by atoms with Crippen LogP contribution in [-0.2, 0) is 16.1 Å². The van der Waals surface area contributed by atoms with Gasteiger partial charge in [0.25, 0.3) is 0 Å². The van der Waals surface area contributed by atoms with Gasteiger partial charge in [-0.1, -0.05) is 0 Å². The van der Waals surface area contributed by atoms with Crippen molar-refractivity contribution in [1.29, 1.82) is 0 Å². The molecular formula is C22H31FN6O2. The van der Waals surface area contributed by atoms with Crippen LogP contribution in [0, 0.1) is 19.7 Å². The fourth-order valence-corrected chi connectivity index (χ4v) is 3.66. The molecule has 0 aliphatic carbocycles. The molecule has 1 fully saturated rings. The van der Waals surface area contributed by atoms with Crippen molar-refractivity contribution < 1.29 is 14.0 Å². The van der Waals surface area contributed by atoms with Gasteiger partial charge in [-0.2, -0.15) is 5.10 Å². The molecule has 1 aromatic carbocycles. The topological polar surface area (TPSA) is 82.5 Å². The minimum absolute atomic E-state index is 0.0240. The monoisotopic (exact) mass is 430 g/mol. The maximum atomic E-state index is 12.9. The molecule has 31 heavy (non-hydrogen) atoms. The SMILES string of the molecule is Cc1cc(C)n(CCCNC(=O)CN2CCN(CC(=O)Nc3ccc(F)cc3)CC2)n1. The zero-order valence-electron chi connectivity index (χ0n) is 18.2. The van der Waals surface area contributed by atoms with E-state index in [4.69, 9.17) is 0 Å². The van der Waals surface area contributed by atoms with Gasteiger partial charge in [0, 0.05) is 50.6 Å². The number of piperazine rings is 1. The van der Waals surface area contributed by atoms with E-state index in [1.807, 2.05) is 24.6 Å². The van der Waals surface area contributed by atoms with E-state index in [1.54, 1.807) is 12.1 Å². The molecule has 168 valence electrons. The highest BCUT2D eigenvalue weighted by molar-refractivity contribution is 5.92. The van der Waals surface area contributed by atoms with Crippen molar-refractivity contribution in [3.05, 3.63) is 47.5 Å². The summed E-state index contributed by atoms with van der Waals surface area (Å²) in [4.78, 5) is 28.5. The molecule has 1 aromatic heterocycles. The van der Waals surface area contributed by atoms with Gasteiger partial charge in [0.05, 0.1) is 18.8 Å². The first-order chi connectivity index (χ1) is 14.9. The lowest BCUT2D eigenvalue weighted by molar-refractivity contribution is -0.123. The minimum Gasteiger partial charge on any atom is -0.355 e. The third-order valence-corrected chi connectivity index (χ3v) is 5.30. The Hall–Kier alpha value is -2.78. The average Bonchev–Trinajstić information content (AvgIpc) is 3.05. The first-order valence-corrected chi connectivity index (χ1v) is 10.7. The number of anilines is 1. The van der Waals surface area contributed by atoms with Gasteiger partial charge in [-0.15, -0.1) is 0 Å². The van der Waals surface area contributed by atoms with Crippen molar-refractivity contribution >= 4 is 17.5 Å². The van der Waals surface area contributed by atoms with Crippen molar-refractivity contribution in [1.82, 2.24) is 24.9 Å². The van der Waals surface area contributed by atoms with Crippen LogP contribution in [0.3, 0.4) is 0 Å². The minimum atomic E-state index is -0.332. The van der Waals surface area contributed by atoms with E-state index in [1.165, 1.54) is 12.1 Å². The Balaban J connectivity index is 1.28. The number of aryl methyl sites for hydroxylation is 3. The highest BCUT2D eigenvalue weighted by atomic mass is 19.1. The van der Waals surface area contributed by atoms with Gasteiger partial charge in [-0.25, -0.2) is 4.39 Å². The standard InChI is InChI=1S/C22H31FN6O2/c1-17-14-18(2)29(26-17)9-3-8-24-21(30)15-27-10-12-28(13-11-27)16-22(31)25-20-6-4-19(23)5-7-20/h4-7,14H,3,8-13,15-16H2,1-2H3,(H,24,30)(H,25,31). The fourth-order valence-electron chi connectivity index (χ4n) is 3.66. The zero-order valence-corrected chi connectivity index (χ0v) is 18.2. The lowest BCUT2D eigenvalue weighted by Gasteiger charge is -2.33. The Morgan fingerprint density at radius 1 is 1.00 bits per heavy atom. The van der Waals surface area contributed by atoms with E-state index in [2.05, 4.69) is 25.5 Å². The van der Waals surface area contributed by atoms with Gasteiger partial charge >= 0.3 is 0 Å². The number of hydrogen-bond donors (Lipinski definition) is 2. The first-order valence-electron chi connectivity index (χ1n) is 10.7. The predicted octanol–water partition coefficient (Wildman–Crippen LogP) is 1.40. The molecule has 3 rings (SSSR count). The van der Waals surface area contributed by atoms with E-state index >= 15 is 0 Å². The second-order valence-electron chi connectivity index (χ2n) is 7.96. The summed E-state index contributed by atoms with van der Waals surface area (Å²) in [5, 5.41) is 10.2. The Kier molecular flexibility index (Phi) is 8.13. The predicted molar refractivity (Wildman–Crippen MR) is 117 cm³/mol. The fraction of sp³-hybridized carbons (Fsp3) is 0.500. The van der Waals surface area contributed by atoms with Crippen LogP contribution in [0.5, 0.6) is 0 Å². The Bertz CT molecular complexity index is 875. The maximum Gasteiger partial charge on any atom is 0.238 e. The van der Waals surface area contributed by atoms with Gasteiger partial charge < -0.3 is 10.6 Å². The molecule has 0 saturated carbocycles. The number of carbonyl (C=O) groups is 2. The van der Waals surface area contributed by atoms with Crippen molar-refractivity contribution in [2.45, 2.75) is 26.8 Å². The highest BCUT2D eigenvalue weighted by Crippen LogP contribution is 2.09. The average molecular weight is 431 g/mol. The van der Waals surface area contributed by atoms with Crippen molar-refractivity contribution in [2.24, 2.45) is 0 Å². The zero-order chi connectivity index (χ0) is 22.2. The number of benzene rings is 1. The van der Waals surface area contributed by atoms with Gasteiger partial charge in [-0.3, -0.25) is 24.1 Å². The summed E-state index contributed by atoms with van der Waals surface area (Å²) >= 11 is 0. The van der Waals surface area contributed by atoms with Gasteiger partial charge in [0.1, 0.15) is 5.82 Å². The number of rotatable bonds is 9. The summed E-state index contributed by atoms with van der Waals surface area (Å²) in [5.41, 5.74) is 2.72. The highest BCUT2D eigenvalue weighted by Gasteiger charge is 2.20. The molecule has 1 saturated heterocycles. The summed E-state index contributed by atoms with van der Waals surface area (Å²) in [6.45, 7) is 9.00. The molecule has 9 heteroatoms. The quantitative estimate of drug-likeness (QED) is 0.588. The largest absolute Gasteiger partial charge is 0.355 e. The number of amides is 2. The van der Waals surface area contributed by atoms with Gasteiger partial charge in [-0.05, 0) is 50.6 Å². The molecule has 0 unspecified atom stereocenters. The maximum absolute atomic E-state index is 12.9. The molecule has 1 aliphatic rings. The lowest BCUT2D eigenvalue weighted by atomic mass is 10.3. The van der Waals surface area contributed by atoms with Crippen LogP contribution >= 0.6 is 0 Å². The van der Waals surface area contributed by atoms with Crippen LogP contribution < -0.4 is 10.6 Å². The third kappa shape index (κ3) is 7.45. The number of halogens is 1. The van der Waals surface area contributed by atoms with Gasteiger partial charge in [0.15, 0.2) is 0 Å². The number of carbonyl (C=O) groups excluding carboxylic acids is 2. The van der Waals surface area contributed by atoms with Crippen LogP contribution in [-0.4, -0.2) is 77.2 Å². The van der Waals surface area contributed by atoms with Crippen LogP contribution in [0.25, 0.3) is 0 Å². The third-order valence-electron chi connectivity index (χ3n) is 5.30. The van der Waals surface area contributed by atoms with E-state index in [0.717, 1.165) is 50.5 Å². The van der Waals surface area contributed by atoms with Crippen LogP contribution in [0.1, 0.15) is 17.8 Å². The van der Waals surface area contributed by atoms with Crippen LogP contribution in [0.4, 0.5) is 10.1 Å². The Morgan fingerprint density at radius 2 is 1.61 bits per heavy atom. The number of nitrogens with one attached hydrogen (secondary N) is 2. The number of aromatic nitrogens is 2. The molecule has 2 heterocycles. The summed E-state index contributed by atoms with van der Waals surface area (Å²) in [6.07, 6.45) is 0.838. The Morgan fingerprint density at radius 3 is 2.19 bits per heavy atom. The van der Waals surface area contributed by atoms with Crippen LogP contribution in [0.2, 0.25) is 0 Å². The van der Waals surface area contributed by atoms with Crippen molar-refractivity contribution in [2.75, 3.05) is 51.1 Å². The van der Waals surface area contributed by atoms with Crippen LogP contribution in [0.15, 0.2) is 30.3 Å². The molecular weight excluding hydrogens is 399 g/mol. The summed E-state index contributed by atoms with van der Waals surface area (Å²) < 4.78 is 14.9.